The second-order valence-electron chi connectivity index (χ2n) is 21.2. The van der Waals surface area contributed by atoms with E-state index in [0.29, 0.717) is 72.9 Å². The Morgan fingerprint density at radius 3 is 1.27 bits per heavy atom. The molecule has 437 valence electrons. The fourth-order valence-electron chi connectivity index (χ4n) is 9.45. The maximum absolute atomic E-state index is 14.2. The monoisotopic (exact) mass is 1180 g/mol. The van der Waals surface area contributed by atoms with Crippen molar-refractivity contribution in [3.63, 3.8) is 0 Å². The Morgan fingerprint density at radius 1 is 0.447 bits per heavy atom. The first-order valence-corrected chi connectivity index (χ1v) is 28.9. The van der Waals surface area contributed by atoms with Crippen LogP contribution in [0.5, 0.6) is 23.0 Å². The molecular weight excluding hydrogens is 1110 g/mol. The number of aromatic nitrogens is 4. The Balaban J connectivity index is 0.00000940. The van der Waals surface area contributed by atoms with Crippen LogP contribution in [0, 0.1) is 23.7 Å². The number of benzene rings is 4. The van der Waals surface area contributed by atoms with Gasteiger partial charge in [-0.25, -0.2) is 29.1 Å². The van der Waals surface area contributed by atoms with Gasteiger partial charge in [-0.1, -0.05) is 172 Å². The molecule has 1 radical (unpaired) electrons. The molecule has 7 aromatic rings. The van der Waals surface area contributed by atoms with Crippen LogP contribution in [0.4, 0.5) is 0 Å². The van der Waals surface area contributed by atoms with E-state index in [-0.39, 0.29) is 63.7 Å². The van der Waals surface area contributed by atoms with E-state index in [1.54, 1.807) is 48.5 Å². The van der Waals surface area contributed by atoms with Gasteiger partial charge in [-0.2, -0.15) is 0 Å². The number of nitrogens with zero attached hydrogens (tertiary/aromatic N) is 3. The largest absolute Gasteiger partial charge is 0.423 e. The number of aromatic amines is 1. The first kappa shape index (κ1) is 61.9. The molecule has 13 heteroatoms. The van der Waals surface area contributed by atoms with Gasteiger partial charge in [0, 0.05) is 85.8 Å². The van der Waals surface area contributed by atoms with E-state index >= 15 is 0 Å². The van der Waals surface area contributed by atoms with Crippen LogP contribution in [0.2, 0.25) is 0 Å². The molecule has 3 aromatic heterocycles. The van der Waals surface area contributed by atoms with Crippen molar-refractivity contribution in [2.45, 2.75) is 81.1 Å². The maximum Gasteiger partial charge on any atom is 0.335 e. The van der Waals surface area contributed by atoms with Gasteiger partial charge in [0.1, 0.15) is 17.2 Å². The zero-order chi connectivity index (χ0) is 59.3. The number of rotatable bonds is 20. The summed E-state index contributed by atoms with van der Waals surface area (Å²) >= 11 is 0. The molecule has 0 saturated heterocycles. The molecule has 5 heterocycles. The molecule has 4 atom stereocenters. The van der Waals surface area contributed by atoms with Crippen molar-refractivity contribution in [2.75, 3.05) is 0 Å². The molecule has 4 unspecified atom stereocenters. The molecule has 0 fully saturated rings. The summed E-state index contributed by atoms with van der Waals surface area (Å²) in [6, 6.07) is 38.8. The average Bonchev–Trinajstić information content (AvgIpc) is 3.33. The maximum atomic E-state index is 14.2. The number of esters is 4. The zero-order valence-corrected chi connectivity index (χ0v) is 50.0. The van der Waals surface area contributed by atoms with E-state index in [0.717, 1.165) is 36.7 Å². The number of para-hydroxylation sites is 5. The Labute approximate surface area is 507 Å². The van der Waals surface area contributed by atoms with Gasteiger partial charge >= 0.3 is 23.9 Å². The predicted molar refractivity (Wildman–Crippen MR) is 337 cm³/mol. The standard InChI is InChI=1S/C72H70N4O8.Cu/c1-9-46(5)29-39-65(77)81-61-25-17-13-21-55(61)69-58-38-37-53(75-58)44-52-34-33-50(73-52)43-51-35-36-54(74-51)45-60-70(56-22-14-18-26-62(56)82-66(78)40-30-47(6)10-2)71(57-23-15-19-27-63(57)83-67(79)41-31-48(7)11-3)72(69)76(60)59-24-16-20-28-64(59)84-68(80)42-32-49(8)12-4;/h13-49,73H,9-12H2,1-8H3;. The van der Waals surface area contributed by atoms with Gasteiger partial charge in [-0.15, -0.1) is 0 Å². The Hall–Kier alpha value is -9.16. The van der Waals surface area contributed by atoms with Gasteiger partial charge in [-0.05, 0) is 109 Å². The van der Waals surface area contributed by atoms with Crippen LogP contribution in [-0.4, -0.2) is 43.4 Å². The average molecular weight is 1180 g/mol. The Bertz CT molecular complexity index is 3990. The van der Waals surface area contributed by atoms with Crippen molar-refractivity contribution in [3.05, 3.63) is 199 Å². The van der Waals surface area contributed by atoms with Crippen molar-refractivity contribution >= 4 is 70.2 Å². The van der Waals surface area contributed by atoms with E-state index in [2.05, 4.69) is 4.98 Å². The number of allylic oxidation sites excluding steroid dienone is 4. The van der Waals surface area contributed by atoms with E-state index in [1.165, 1.54) is 24.3 Å². The first-order chi connectivity index (χ1) is 40.7. The molecule has 2 aliphatic rings. The van der Waals surface area contributed by atoms with Gasteiger partial charge in [0.2, 0.25) is 0 Å². The van der Waals surface area contributed by atoms with Crippen LogP contribution >= 0.6 is 0 Å². The zero-order valence-electron chi connectivity index (χ0n) is 49.1. The van der Waals surface area contributed by atoms with Gasteiger partial charge in [-0.3, -0.25) is 0 Å². The van der Waals surface area contributed by atoms with Gasteiger partial charge < -0.3 is 28.5 Å². The van der Waals surface area contributed by atoms with Crippen molar-refractivity contribution in [1.29, 1.82) is 0 Å². The number of ether oxygens (including phenoxy) is 4. The predicted octanol–water partition coefficient (Wildman–Crippen LogP) is 17.1. The normalized spacial score (nSPS) is 13.5. The number of carbonyl (C=O) groups is 4. The first-order valence-electron chi connectivity index (χ1n) is 28.9. The van der Waals surface area contributed by atoms with Crippen molar-refractivity contribution < 1.29 is 55.2 Å². The summed E-state index contributed by atoms with van der Waals surface area (Å²) in [7, 11) is 0. The smallest absolute Gasteiger partial charge is 0.335 e. The summed E-state index contributed by atoms with van der Waals surface area (Å²) < 4.78 is 27.7. The van der Waals surface area contributed by atoms with Crippen LogP contribution in [0.25, 0.3) is 85.4 Å². The number of fused-ring (bicyclic) bond motifs is 8. The minimum Gasteiger partial charge on any atom is -0.423 e. The SMILES string of the molecule is CCC(C)C=CC(=O)Oc1ccccc1-c1c(-c2ccccc2OC(=O)C=CC(C)CC)c2c(-c3ccccc3OC(=O)C=CC(C)CC)c3nc(cc4ccc(cc5nc(cc1n2-c1ccccc1OC(=O)C=CC(C)CC)C=C5)[nH]4)C=C3.[Cu]. The molecule has 0 spiro atoms. The molecule has 9 rings (SSSR count). The third-order valence-electron chi connectivity index (χ3n) is 14.9. The molecular formula is C72H70CuN4O8. The molecule has 1 N–H and O–H groups in total. The molecule has 4 aromatic carbocycles. The Morgan fingerprint density at radius 2 is 0.812 bits per heavy atom. The summed E-state index contributed by atoms with van der Waals surface area (Å²) in [5.41, 5.74) is 7.87. The van der Waals surface area contributed by atoms with Crippen molar-refractivity contribution in [1.82, 2.24) is 19.5 Å². The van der Waals surface area contributed by atoms with Crippen molar-refractivity contribution in [2.24, 2.45) is 23.7 Å². The topological polar surface area (TPSA) is 152 Å². The van der Waals surface area contributed by atoms with E-state index in [9.17, 15) is 19.2 Å². The van der Waals surface area contributed by atoms with Crippen LogP contribution < -0.4 is 18.9 Å². The number of hydrogen-bond donors (Lipinski definition) is 1. The third-order valence-corrected chi connectivity index (χ3v) is 14.9. The number of H-pyrrole nitrogens is 1. The minimum atomic E-state index is -0.602. The van der Waals surface area contributed by atoms with Gasteiger partial charge in [0.15, 0.2) is 5.75 Å². The fraction of sp³-hybridized carbons (Fsp3) is 0.222. The van der Waals surface area contributed by atoms with E-state index in [4.69, 9.17) is 28.9 Å². The summed E-state index contributed by atoms with van der Waals surface area (Å²) in [6.07, 6.45) is 24.0. The quantitative estimate of drug-likeness (QED) is 0.0338. The number of hydrogen-bond acceptors (Lipinski definition) is 10. The molecule has 0 amide bonds. The number of nitrogens with one attached hydrogen (secondary N) is 1. The molecule has 8 bridgehead atoms. The second-order valence-corrected chi connectivity index (χ2v) is 21.2. The molecule has 85 heavy (non-hydrogen) atoms. The molecule has 0 aliphatic carbocycles. The minimum absolute atomic E-state index is 0. The second kappa shape index (κ2) is 28.9. The summed E-state index contributed by atoms with van der Waals surface area (Å²) in [6.45, 7) is 16.3. The van der Waals surface area contributed by atoms with Crippen molar-refractivity contribution in [3.8, 4) is 62.1 Å². The van der Waals surface area contributed by atoms with Crippen LogP contribution in [0.15, 0.2) is 176 Å². The molecule has 12 nitrogen and oxygen atoms in total. The molecule has 2 aliphatic heterocycles. The Kier molecular flexibility index (Phi) is 21.0. The summed E-state index contributed by atoms with van der Waals surface area (Å²) in [5, 5.41) is 0. The summed E-state index contributed by atoms with van der Waals surface area (Å²) in [5.74, 6) is -1.18. The van der Waals surface area contributed by atoms with Gasteiger partial charge in [0.25, 0.3) is 0 Å². The van der Waals surface area contributed by atoms with Crippen LogP contribution in [0.3, 0.4) is 0 Å². The van der Waals surface area contributed by atoms with Crippen LogP contribution in [0.1, 0.15) is 104 Å². The number of carbonyl (C=O) groups excluding carboxylic acids is 4. The fourth-order valence-corrected chi connectivity index (χ4v) is 9.45. The van der Waals surface area contributed by atoms with E-state index < -0.39 is 23.9 Å². The van der Waals surface area contributed by atoms with Crippen LogP contribution in [-0.2, 0) is 36.2 Å². The van der Waals surface area contributed by atoms with E-state index in [1.807, 2.05) is 187 Å². The molecule has 0 saturated carbocycles. The third kappa shape index (κ3) is 15.2. The summed E-state index contributed by atoms with van der Waals surface area (Å²) in [4.78, 5) is 70.7. The van der Waals surface area contributed by atoms with Gasteiger partial charge in [0.05, 0.1) is 39.5 Å².